The summed E-state index contributed by atoms with van der Waals surface area (Å²) >= 11 is 0. The molecule has 0 aliphatic carbocycles. The van der Waals surface area contributed by atoms with Crippen LogP contribution in [-0.4, -0.2) is 18.9 Å². The number of nitrogens with zero attached hydrogens (tertiary/aromatic N) is 1. The zero-order valence-corrected chi connectivity index (χ0v) is 11.5. The van der Waals surface area contributed by atoms with Crippen LogP contribution in [0.3, 0.4) is 0 Å². The first kappa shape index (κ1) is 18.6. The van der Waals surface area contributed by atoms with Gasteiger partial charge < -0.3 is 9.47 Å². The number of halogens is 6. The van der Waals surface area contributed by atoms with Crippen LogP contribution in [0.2, 0.25) is 0 Å². The van der Waals surface area contributed by atoms with E-state index < -0.39 is 47.4 Å². The minimum atomic E-state index is -5.22. The number of ether oxygens (including phenoxy) is 2. The Morgan fingerprint density at radius 2 is 1.83 bits per heavy atom. The molecule has 0 saturated heterocycles. The van der Waals surface area contributed by atoms with Gasteiger partial charge in [0.05, 0.1) is 30.2 Å². The summed E-state index contributed by atoms with van der Waals surface area (Å²) in [5.74, 6) is -2.24. The van der Waals surface area contributed by atoms with Crippen molar-refractivity contribution in [3.05, 3.63) is 28.8 Å². The van der Waals surface area contributed by atoms with Crippen LogP contribution < -0.4 is 4.74 Å². The molecule has 0 aliphatic rings. The third-order valence-electron chi connectivity index (χ3n) is 2.51. The van der Waals surface area contributed by atoms with Crippen molar-refractivity contribution in [2.45, 2.75) is 25.9 Å². The Kier molecular flexibility index (Phi) is 5.47. The predicted molar refractivity (Wildman–Crippen MR) is 63.2 cm³/mol. The summed E-state index contributed by atoms with van der Waals surface area (Å²) in [5, 5.41) is 8.87. The molecule has 0 aromatic heterocycles. The van der Waals surface area contributed by atoms with E-state index in [0.29, 0.717) is 6.07 Å². The van der Waals surface area contributed by atoms with Crippen LogP contribution in [0.5, 0.6) is 5.75 Å². The molecular formula is C13H9F6NO3. The van der Waals surface area contributed by atoms with Crippen LogP contribution >= 0.6 is 0 Å². The Morgan fingerprint density at radius 3 is 2.26 bits per heavy atom. The molecule has 0 amide bonds. The Bertz CT molecular complexity index is 630. The third-order valence-corrected chi connectivity index (χ3v) is 2.51. The number of benzene rings is 1. The number of rotatable bonds is 4. The van der Waals surface area contributed by atoms with Crippen LogP contribution in [0.25, 0.3) is 0 Å². The Labute approximate surface area is 126 Å². The largest absolute Gasteiger partial charge is 0.573 e. The lowest BCUT2D eigenvalue weighted by Gasteiger charge is -2.17. The topological polar surface area (TPSA) is 59.3 Å². The molecule has 0 spiro atoms. The minimum Gasteiger partial charge on any atom is -0.466 e. The van der Waals surface area contributed by atoms with Gasteiger partial charge in [0.15, 0.2) is 0 Å². The lowest BCUT2D eigenvalue weighted by Crippen LogP contribution is -2.20. The molecule has 10 heteroatoms. The highest BCUT2D eigenvalue weighted by Crippen LogP contribution is 2.37. The van der Waals surface area contributed by atoms with Crippen molar-refractivity contribution in [2.75, 3.05) is 6.61 Å². The van der Waals surface area contributed by atoms with Gasteiger partial charge in [0.25, 0.3) is 0 Å². The van der Waals surface area contributed by atoms with Gasteiger partial charge in [-0.05, 0) is 24.6 Å². The highest BCUT2D eigenvalue weighted by molar-refractivity contribution is 5.74. The van der Waals surface area contributed by atoms with E-state index in [-0.39, 0.29) is 12.7 Å². The van der Waals surface area contributed by atoms with Crippen molar-refractivity contribution < 1.29 is 40.6 Å². The molecule has 1 rings (SSSR count). The molecular weight excluding hydrogens is 332 g/mol. The average Bonchev–Trinajstić information content (AvgIpc) is 2.37. The molecule has 0 heterocycles. The van der Waals surface area contributed by atoms with Crippen molar-refractivity contribution in [3.8, 4) is 11.8 Å². The number of esters is 1. The van der Waals surface area contributed by atoms with Gasteiger partial charge in [0.2, 0.25) is 0 Å². The van der Waals surface area contributed by atoms with Crippen molar-refractivity contribution in [1.29, 1.82) is 5.26 Å². The van der Waals surface area contributed by atoms with Gasteiger partial charge in [-0.25, -0.2) is 0 Å². The van der Waals surface area contributed by atoms with E-state index in [9.17, 15) is 31.1 Å². The summed E-state index contributed by atoms with van der Waals surface area (Å²) in [6.07, 6.45) is -11.2. The molecule has 0 radical (unpaired) electrons. The quantitative estimate of drug-likeness (QED) is 0.620. The number of hydrogen-bond acceptors (Lipinski definition) is 4. The molecule has 23 heavy (non-hydrogen) atoms. The van der Waals surface area contributed by atoms with Gasteiger partial charge in [-0.15, -0.1) is 13.2 Å². The van der Waals surface area contributed by atoms with Gasteiger partial charge in [0, 0.05) is 0 Å². The summed E-state index contributed by atoms with van der Waals surface area (Å²) < 4.78 is 83.4. The maximum Gasteiger partial charge on any atom is 0.573 e. The summed E-state index contributed by atoms with van der Waals surface area (Å²) in [5.41, 5.74) is -3.09. The Morgan fingerprint density at radius 1 is 1.22 bits per heavy atom. The molecule has 126 valence electrons. The molecule has 0 N–H and O–H groups in total. The summed E-state index contributed by atoms with van der Waals surface area (Å²) in [4.78, 5) is 11.4. The van der Waals surface area contributed by atoms with E-state index in [1.54, 1.807) is 0 Å². The molecule has 1 aromatic carbocycles. The van der Waals surface area contributed by atoms with Gasteiger partial charge in [-0.1, -0.05) is 0 Å². The number of carbonyl (C=O) groups is 1. The van der Waals surface area contributed by atoms with Crippen molar-refractivity contribution in [3.63, 3.8) is 0 Å². The van der Waals surface area contributed by atoms with Crippen LogP contribution in [0.1, 0.15) is 23.6 Å². The van der Waals surface area contributed by atoms with Gasteiger partial charge in [0.1, 0.15) is 5.75 Å². The van der Waals surface area contributed by atoms with Crippen molar-refractivity contribution >= 4 is 5.97 Å². The van der Waals surface area contributed by atoms with Crippen molar-refractivity contribution in [2.24, 2.45) is 0 Å². The zero-order chi connectivity index (χ0) is 17.8. The van der Waals surface area contributed by atoms with Crippen LogP contribution in [0.15, 0.2) is 12.1 Å². The summed E-state index contributed by atoms with van der Waals surface area (Å²) in [7, 11) is 0. The third kappa shape index (κ3) is 5.36. The average molecular weight is 341 g/mol. The molecule has 0 fully saturated rings. The predicted octanol–water partition coefficient (Wildman–Crippen LogP) is 3.58. The zero-order valence-electron chi connectivity index (χ0n) is 11.5. The maximum atomic E-state index is 13.0. The Balaban J connectivity index is 3.43. The lowest BCUT2D eigenvalue weighted by atomic mass is 9.97. The van der Waals surface area contributed by atoms with Crippen LogP contribution in [-0.2, 0) is 22.1 Å². The molecule has 0 atom stereocenters. The molecule has 0 saturated carbocycles. The molecule has 0 unspecified atom stereocenters. The molecule has 1 aromatic rings. The van der Waals surface area contributed by atoms with Gasteiger partial charge >= 0.3 is 18.5 Å². The number of nitriles is 1. The van der Waals surface area contributed by atoms with Gasteiger partial charge in [-0.2, -0.15) is 18.4 Å². The first-order valence-electron chi connectivity index (χ1n) is 6.03. The van der Waals surface area contributed by atoms with E-state index in [4.69, 9.17) is 5.26 Å². The summed E-state index contributed by atoms with van der Waals surface area (Å²) in [6, 6.07) is 1.90. The second-order valence-electron chi connectivity index (χ2n) is 4.14. The lowest BCUT2D eigenvalue weighted by molar-refractivity contribution is -0.274. The first-order valence-corrected chi connectivity index (χ1v) is 6.03. The second kappa shape index (κ2) is 6.76. The van der Waals surface area contributed by atoms with Gasteiger partial charge in [-0.3, -0.25) is 4.79 Å². The monoisotopic (exact) mass is 341 g/mol. The SMILES string of the molecule is CCOC(=O)Cc1c(C#N)cc(OC(F)(F)F)cc1C(F)(F)F. The number of alkyl halides is 6. The number of hydrogen-bond donors (Lipinski definition) is 0. The van der Waals surface area contributed by atoms with E-state index in [1.165, 1.54) is 13.0 Å². The smallest absolute Gasteiger partial charge is 0.466 e. The Hall–Kier alpha value is -2.44. The van der Waals surface area contributed by atoms with Crippen molar-refractivity contribution in [1.82, 2.24) is 0 Å². The normalized spacial score (nSPS) is 11.7. The van der Waals surface area contributed by atoms with Crippen LogP contribution in [0.4, 0.5) is 26.3 Å². The fourth-order valence-electron chi connectivity index (χ4n) is 1.74. The number of carbonyl (C=O) groups excluding carboxylic acids is 1. The highest BCUT2D eigenvalue weighted by atomic mass is 19.4. The molecule has 4 nitrogen and oxygen atoms in total. The molecule has 0 aliphatic heterocycles. The first-order chi connectivity index (χ1) is 10.5. The standard InChI is InChI=1S/C13H9F6NO3/c1-2-22-11(21)5-9-7(6-20)3-8(23-13(17,18)19)4-10(9)12(14,15)16/h3-4H,2,5H2,1H3. The van der Waals surface area contributed by atoms with E-state index >= 15 is 0 Å². The fourth-order valence-corrected chi connectivity index (χ4v) is 1.74. The minimum absolute atomic E-state index is 0.0862. The summed E-state index contributed by atoms with van der Waals surface area (Å²) in [6.45, 7) is 1.32. The maximum absolute atomic E-state index is 13.0. The van der Waals surface area contributed by atoms with E-state index in [0.717, 1.165) is 0 Å². The fraction of sp³-hybridized carbons (Fsp3) is 0.385. The van der Waals surface area contributed by atoms with E-state index in [2.05, 4.69) is 9.47 Å². The van der Waals surface area contributed by atoms with Crippen LogP contribution in [0, 0.1) is 11.3 Å². The highest BCUT2D eigenvalue weighted by Gasteiger charge is 2.38. The molecule has 0 bridgehead atoms. The second-order valence-corrected chi connectivity index (χ2v) is 4.14. The van der Waals surface area contributed by atoms with E-state index in [1.807, 2.05) is 0 Å².